The summed E-state index contributed by atoms with van der Waals surface area (Å²) in [6.45, 7) is 0. The lowest BCUT2D eigenvalue weighted by Gasteiger charge is -2.34. The van der Waals surface area contributed by atoms with E-state index >= 15 is 4.39 Å². The number of rotatable bonds is 5. The fourth-order valence-electron chi connectivity index (χ4n) is 4.37. The molecule has 4 nitrogen and oxygen atoms in total. The number of sulfone groups is 1. The van der Waals surface area contributed by atoms with Crippen LogP contribution in [-0.4, -0.2) is 25.4 Å². The van der Waals surface area contributed by atoms with Gasteiger partial charge in [0.05, 0.1) is 10.5 Å². The normalized spacial score (nSPS) is 28.2. The molecule has 0 saturated heterocycles. The van der Waals surface area contributed by atoms with Gasteiger partial charge < -0.3 is 5.32 Å². The van der Waals surface area contributed by atoms with Gasteiger partial charge in [0.15, 0.2) is 0 Å². The van der Waals surface area contributed by atoms with Gasteiger partial charge in [-0.05, 0) is 61.8 Å². The minimum atomic E-state index is -4.72. The molecule has 4 rings (SSSR count). The summed E-state index contributed by atoms with van der Waals surface area (Å²) in [7, 11) is -4.62. The lowest BCUT2D eigenvalue weighted by Crippen LogP contribution is -2.45. The number of hydrogen-bond donors (Lipinski definition) is 1. The SMILES string of the molecule is O=C(NC1CCC(F)(S(=O)(=O)c2cccc(C(F)(F)F)c2)CC1)C1CC1c1ccccc1. The minimum absolute atomic E-state index is 0.100. The van der Waals surface area contributed by atoms with Gasteiger partial charge in [-0.15, -0.1) is 0 Å². The number of nitrogens with one attached hydrogen (secondary N) is 1. The van der Waals surface area contributed by atoms with Gasteiger partial charge in [-0.25, -0.2) is 12.8 Å². The third kappa shape index (κ3) is 4.40. The summed E-state index contributed by atoms with van der Waals surface area (Å²) in [6, 6.07) is 12.5. The Morgan fingerprint density at radius 3 is 2.28 bits per heavy atom. The van der Waals surface area contributed by atoms with E-state index in [0.717, 1.165) is 30.2 Å². The van der Waals surface area contributed by atoms with Crippen molar-refractivity contribution in [1.82, 2.24) is 5.32 Å². The molecule has 172 valence electrons. The van der Waals surface area contributed by atoms with Gasteiger partial charge >= 0.3 is 6.18 Å². The Labute approximate surface area is 183 Å². The predicted octanol–water partition coefficient (Wildman–Crippen LogP) is 5.01. The van der Waals surface area contributed by atoms with Crippen LogP contribution >= 0.6 is 0 Å². The summed E-state index contributed by atoms with van der Waals surface area (Å²) in [4.78, 5) is 11.9. The zero-order valence-electron chi connectivity index (χ0n) is 17.1. The molecule has 2 atom stereocenters. The lowest BCUT2D eigenvalue weighted by molar-refractivity contribution is -0.137. The summed E-state index contributed by atoms with van der Waals surface area (Å²) in [6.07, 6.45) is -4.56. The van der Waals surface area contributed by atoms with Crippen molar-refractivity contribution < 1.29 is 30.8 Å². The van der Waals surface area contributed by atoms with Gasteiger partial charge in [0, 0.05) is 12.0 Å². The molecule has 2 aliphatic rings. The van der Waals surface area contributed by atoms with Crippen molar-refractivity contribution in [3.05, 3.63) is 65.7 Å². The first kappa shape index (κ1) is 22.8. The van der Waals surface area contributed by atoms with Crippen LogP contribution in [-0.2, 0) is 20.8 Å². The maximum absolute atomic E-state index is 15.4. The van der Waals surface area contributed by atoms with Gasteiger partial charge in [0.1, 0.15) is 0 Å². The second-order valence-electron chi connectivity index (χ2n) is 8.55. The van der Waals surface area contributed by atoms with E-state index in [0.29, 0.717) is 6.07 Å². The number of alkyl halides is 4. The molecule has 2 aromatic rings. The molecule has 0 spiro atoms. The van der Waals surface area contributed by atoms with Crippen molar-refractivity contribution in [3.8, 4) is 0 Å². The highest BCUT2D eigenvalue weighted by molar-refractivity contribution is 7.92. The Kier molecular flexibility index (Phi) is 5.81. The third-order valence-electron chi connectivity index (χ3n) is 6.39. The molecule has 2 unspecified atom stereocenters. The van der Waals surface area contributed by atoms with Crippen molar-refractivity contribution in [2.45, 2.75) is 60.1 Å². The summed E-state index contributed by atoms with van der Waals surface area (Å²) < 4.78 is 79.9. The monoisotopic (exact) mass is 469 g/mol. The first-order chi connectivity index (χ1) is 15.0. The van der Waals surface area contributed by atoms with E-state index in [4.69, 9.17) is 0 Å². The Balaban J connectivity index is 1.38. The lowest BCUT2D eigenvalue weighted by atomic mass is 9.93. The molecule has 0 aliphatic heterocycles. The Morgan fingerprint density at radius 2 is 1.66 bits per heavy atom. The maximum atomic E-state index is 15.4. The number of amides is 1. The molecule has 0 heterocycles. The number of carbonyl (C=O) groups excluding carboxylic acids is 1. The Morgan fingerprint density at radius 1 is 1.00 bits per heavy atom. The zero-order chi connectivity index (χ0) is 23.1. The fourth-order valence-corrected chi connectivity index (χ4v) is 6.11. The first-order valence-corrected chi connectivity index (χ1v) is 12.0. The molecule has 9 heteroatoms. The molecule has 2 aliphatic carbocycles. The van der Waals surface area contributed by atoms with E-state index in [-0.39, 0.29) is 49.5 Å². The van der Waals surface area contributed by atoms with E-state index in [1.165, 1.54) is 0 Å². The first-order valence-electron chi connectivity index (χ1n) is 10.5. The van der Waals surface area contributed by atoms with Gasteiger partial charge in [-0.3, -0.25) is 4.79 Å². The van der Waals surface area contributed by atoms with Crippen LogP contribution in [0.15, 0.2) is 59.5 Å². The van der Waals surface area contributed by atoms with Crippen molar-refractivity contribution in [1.29, 1.82) is 0 Å². The van der Waals surface area contributed by atoms with Crippen molar-refractivity contribution >= 4 is 15.7 Å². The van der Waals surface area contributed by atoms with Crippen LogP contribution in [0.3, 0.4) is 0 Å². The Bertz CT molecular complexity index is 1090. The molecule has 0 bridgehead atoms. The standard InChI is InChI=1S/C23H23F4NO3S/c24-22(32(30,31)18-8-4-7-16(13-18)23(25,26)27)11-9-17(10-12-22)28-21(29)20-14-19(20)15-5-2-1-3-6-15/h1-8,13,17,19-20H,9-12,14H2,(H,28,29). The van der Waals surface area contributed by atoms with Crippen LogP contribution in [0, 0.1) is 5.92 Å². The number of carbonyl (C=O) groups is 1. The Hall–Kier alpha value is -2.42. The second-order valence-corrected chi connectivity index (χ2v) is 10.8. The second kappa shape index (κ2) is 8.17. The quantitative estimate of drug-likeness (QED) is 0.627. The third-order valence-corrected chi connectivity index (χ3v) is 8.63. The van der Waals surface area contributed by atoms with Crippen LogP contribution in [0.4, 0.5) is 17.6 Å². The smallest absolute Gasteiger partial charge is 0.353 e. The summed E-state index contributed by atoms with van der Waals surface area (Å²) in [5.74, 6) is -0.124. The van der Waals surface area contributed by atoms with E-state index in [2.05, 4.69) is 5.32 Å². The summed E-state index contributed by atoms with van der Waals surface area (Å²) >= 11 is 0. The van der Waals surface area contributed by atoms with Crippen LogP contribution < -0.4 is 5.32 Å². The topological polar surface area (TPSA) is 63.2 Å². The van der Waals surface area contributed by atoms with Crippen LogP contribution in [0.2, 0.25) is 0 Å². The number of halogens is 4. The fraction of sp³-hybridized carbons (Fsp3) is 0.435. The molecular weight excluding hydrogens is 446 g/mol. The average molecular weight is 470 g/mol. The average Bonchev–Trinajstić information content (AvgIpc) is 3.57. The molecule has 1 N–H and O–H groups in total. The van der Waals surface area contributed by atoms with Crippen molar-refractivity contribution in [2.75, 3.05) is 0 Å². The molecular formula is C23H23F4NO3S. The minimum Gasteiger partial charge on any atom is -0.353 e. The highest BCUT2D eigenvalue weighted by atomic mass is 32.2. The van der Waals surface area contributed by atoms with E-state index < -0.39 is 31.5 Å². The molecule has 1 amide bonds. The van der Waals surface area contributed by atoms with Crippen molar-refractivity contribution in [2.24, 2.45) is 5.92 Å². The molecule has 0 radical (unpaired) electrons. The van der Waals surface area contributed by atoms with E-state index in [1.807, 2.05) is 30.3 Å². The van der Waals surface area contributed by atoms with E-state index in [1.54, 1.807) is 0 Å². The van der Waals surface area contributed by atoms with E-state index in [9.17, 15) is 26.4 Å². The molecule has 2 aromatic carbocycles. The maximum Gasteiger partial charge on any atom is 0.416 e. The summed E-state index contributed by atoms with van der Waals surface area (Å²) in [5.41, 5.74) is -0.0493. The van der Waals surface area contributed by atoms with Gasteiger partial charge in [0.2, 0.25) is 20.7 Å². The summed E-state index contributed by atoms with van der Waals surface area (Å²) in [5, 5.41) is 0.227. The van der Waals surface area contributed by atoms with Gasteiger partial charge in [-0.2, -0.15) is 13.2 Å². The van der Waals surface area contributed by atoms with Gasteiger partial charge in [0.25, 0.3) is 0 Å². The predicted molar refractivity (Wildman–Crippen MR) is 110 cm³/mol. The zero-order valence-corrected chi connectivity index (χ0v) is 17.9. The number of hydrogen-bond acceptors (Lipinski definition) is 3. The highest BCUT2D eigenvalue weighted by Crippen LogP contribution is 2.48. The molecule has 2 saturated carbocycles. The van der Waals surface area contributed by atoms with Crippen LogP contribution in [0.1, 0.15) is 49.1 Å². The van der Waals surface area contributed by atoms with Crippen molar-refractivity contribution in [3.63, 3.8) is 0 Å². The molecule has 0 aromatic heterocycles. The highest BCUT2D eigenvalue weighted by Gasteiger charge is 2.49. The largest absolute Gasteiger partial charge is 0.416 e. The van der Waals surface area contributed by atoms with Crippen LogP contribution in [0.25, 0.3) is 0 Å². The van der Waals surface area contributed by atoms with Gasteiger partial charge in [-0.1, -0.05) is 36.4 Å². The number of benzene rings is 2. The molecule has 2 fully saturated rings. The van der Waals surface area contributed by atoms with Crippen LogP contribution in [0.5, 0.6) is 0 Å². The molecule has 32 heavy (non-hydrogen) atoms.